The van der Waals surface area contributed by atoms with Crippen molar-refractivity contribution in [2.24, 2.45) is 0 Å². The lowest BCUT2D eigenvalue weighted by Crippen LogP contribution is -1.95. The number of nitrogens with zero attached hydrogens (tertiary/aromatic N) is 1. The molecule has 94 valence electrons. The molecular formula is C13H10Cl2FNO. The highest BCUT2D eigenvalue weighted by molar-refractivity contribution is 6.32. The van der Waals surface area contributed by atoms with Gasteiger partial charge in [-0.1, -0.05) is 23.2 Å². The molecule has 5 heteroatoms. The molecular weight excluding hydrogens is 276 g/mol. The molecule has 0 bridgehead atoms. The minimum Gasteiger partial charge on any atom is -0.396 e. The largest absolute Gasteiger partial charge is 0.396 e. The maximum Gasteiger partial charge on any atom is 0.132 e. The molecule has 0 radical (unpaired) electrons. The average molecular weight is 286 g/mol. The Morgan fingerprint density at radius 2 is 2.00 bits per heavy atom. The Bertz CT molecular complexity index is 575. The third-order valence-corrected chi connectivity index (χ3v) is 3.10. The summed E-state index contributed by atoms with van der Waals surface area (Å²) >= 11 is 11.9. The van der Waals surface area contributed by atoms with E-state index in [2.05, 4.69) is 4.98 Å². The van der Waals surface area contributed by atoms with E-state index >= 15 is 0 Å². The first-order chi connectivity index (χ1) is 8.61. The summed E-state index contributed by atoms with van der Waals surface area (Å²) in [5.41, 5.74) is 1.45. The Labute approximate surface area is 114 Å². The number of pyridine rings is 1. The van der Waals surface area contributed by atoms with Gasteiger partial charge in [-0.25, -0.2) is 4.39 Å². The summed E-state index contributed by atoms with van der Waals surface area (Å²) in [5.74, 6) is -0.405. The quantitative estimate of drug-likeness (QED) is 0.932. The zero-order chi connectivity index (χ0) is 13.1. The van der Waals surface area contributed by atoms with Gasteiger partial charge in [0.2, 0.25) is 0 Å². The van der Waals surface area contributed by atoms with Crippen LogP contribution in [0.5, 0.6) is 0 Å². The fraction of sp³-hybridized carbons (Fsp3) is 0.154. The van der Waals surface area contributed by atoms with E-state index in [0.29, 0.717) is 27.7 Å². The van der Waals surface area contributed by atoms with Crippen LogP contribution in [0, 0.1) is 5.82 Å². The summed E-state index contributed by atoms with van der Waals surface area (Å²) in [6.07, 6.45) is 1.96. The molecule has 0 fully saturated rings. The summed E-state index contributed by atoms with van der Waals surface area (Å²) in [6.45, 7) is -0.00767. The highest BCUT2D eigenvalue weighted by Crippen LogP contribution is 2.27. The monoisotopic (exact) mass is 285 g/mol. The summed E-state index contributed by atoms with van der Waals surface area (Å²) < 4.78 is 13.7. The number of hydrogen-bond donors (Lipinski definition) is 1. The van der Waals surface area contributed by atoms with Crippen molar-refractivity contribution in [1.82, 2.24) is 4.98 Å². The average Bonchev–Trinajstić information content (AvgIpc) is 2.35. The Morgan fingerprint density at radius 1 is 1.22 bits per heavy atom. The zero-order valence-electron chi connectivity index (χ0n) is 9.33. The van der Waals surface area contributed by atoms with Crippen molar-refractivity contribution < 1.29 is 9.50 Å². The molecule has 18 heavy (non-hydrogen) atoms. The van der Waals surface area contributed by atoms with Gasteiger partial charge < -0.3 is 5.11 Å². The standard InChI is InChI=1S/C13H10Cl2FNO/c14-9-1-2-12(16)10(5-9)13-6-11(15)8(3-4-18)7-17-13/h1-2,5-7,18H,3-4H2. The predicted molar refractivity (Wildman–Crippen MR) is 70.4 cm³/mol. The Balaban J connectivity index is 2.45. The second-order valence-corrected chi connectivity index (χ2v) is 4.60. The number of benzene rings is 1. The number of aliphatic hydroxyl groups excluding tert-OH is 1. The summed E-state index contributed by atoms with van der Waals surface area (Å²) in [7, 11) is 0. The van der Waals surface area contributed by atoms with E-state index in [0.717, 1.165) is 5.56 Å². The number of aliphatic hydroxyl groups is 1. The van der Waals surface area contributed by atoms with Crippen molar-refractivity contribution in [2.75, 3.05) is 6.61 Å². The molecule has 1 aromatic carbocycles. The van der Waals surface area contributed by atoms with Crippen molar-refractivity contribution in [2.45, 2.75) is 6.42 Å². The van der Waals surface area contributed by atoms with Crippen molar-refractivity contribution in [1.29, 1.82) is 0 Å². The first kappa shape index (κ1) is 13.3. The molecule has 1 heterocycles. The Hall–Kier alpha value is -1.16. The molecule has 1 aromatic heterocycles. The first-order valence-electron chi connectivity index (χ1n) is 5.32. The van der Waals surface area contributed by atoms with E-state index in [4.69, 9.17) is 28.3 Å². The molecule has 0 amide bonds. The molecule has 0 saturated heterocycles. The first-order valence-corrected chi connectivity index (χ1v) is 6.08. The van der Waals surface area contributed by atoms with Crippen LogP contribution in [-0.4, -0.2) is 16.7 Å². The van der Waals surface area contributed by atoms with Crippen molar-refractivity contribution in [3.63, 3.8) is 0 Å². The van der Waals surface area contributed by atoms with E-state index < -0.39 is 5.82 Å². The van der Waals surface area contributed by atoms with E-state index in [9.17, 15) is 4.39 Å². The summed E-state index contributed by atoms with van der Waals surface area (Å²) in [5, 5.41) is 9.73. The number of halogens is 3. The molecule has 2 nitrogen and oxygen atoms in total. The second kappa shape index (κ2) is 5.65. The molecule has 2 rings (SSSR count). The van der Waals surface area contributed by atoms with Crippen LogP contribution in [0.25, 0.3) is 11.3 Å². The summed E-state index contributed by atoms with van der Waals surface area (Å²) in [4.78, 5) is 4.14. The maximum atomic E-state index is 13.7. The van der Waals surface area contributed by atoms with Crippen LogP contribution < -0.4 is 0 Å². The van der Waals surface area contributed by atoms with Gasteiger partial charge in [-0.15, -0.1) is 0 Å². The van der Waals surface area contributed by atoms with Gasteiger partial charge in [0, 0.05) is 28.4 Å². The Kier molecular flexibility index (Phi) is 4.17. The van der Waals surface area contributed by atoms with Crippen molar-refractivity contribution >= 4 is 23.2 Å². The van der Waals surface area contributed by atoms with E-state index in [1.165, 1.54) is 24.4 Å². The predicted octanol–water partition coefficient (Wildman–Crippen LogP) is 3.73. The molecule has 0 unspecified atom stereocenters. The van der Waals surface area contributed by atoms with Gasteiger partial charge in [0.1, 0.15) is 5.82 Å². The lowest BCUT2D eigenvalue weighted by molar-refractivity contribution is 0.299. The number of hydrogen-bond acceptors (Lipinski definition) is 2. The Morgan fingerprint density at radius 3 is 2.67 bits per heavy atom. The van der Waals surface area contributed by atoms with Crippen LogP contribution in [0.3, 0.4) is 0 Å². The van der Waals surface area contributed by atoms with E-state index in [-0.39, 0.29) is 6.61 Å². The molecule has 0 aliphatic rings. The van der Waals surface area contributed by atoms with Gasteiger partial charge in [0.25, 0.3) is 0 Å². The van der Waals surface area contributed by atoms with Crippen LogP contribution in [0.4, 0.5) is 4.39 Å². The van der Waals surface area contributed by atoms with Crippen LogP contribution in [0.15, 0.2) is 30.5 Å². The van der Waals surface area contributed by atoms with Gasteiger partial charge in [-0.3, -0.25) is 4.98 Å². The highest BCUT2D eigenvalue weighted by Gasteiger charge is 2.09. The number of aromatic nitrogens is 1. The molecule has 0 saturated carbocycles. The van der Waals surface area contributed by atoms with E-state index in [1.807, 2.05) is 0 Å². The highest BCUT2D eigenvalue weighted by atomic mass is 35.5. The van der Waals surface area contributed by atoms with Gasteiger partial charge >= 0.3 is 0 Å². The van der Waals surface area contributed by atoms with Crippen LogP contribution >= 0.6 is 23.2 Å². The van der Waals surface area contributed by atoms with Gasteiger partial charge in [-0.05, 0) is 36.2 Å². The maximum absolute atomic E-state index is 13.7. The van der Waals surface area contributed by atoms with E-state index in [1.54, 1.807) is 6.07 Å². The second-order valence-electron chi connectivity index (χ2n) is 3.76. The SMILES string of the molecule is OCCc1cnc(-c2cc(Cl)ccc2F)cc1Cl. The lowest BCUT2D eigenvalue weighted by Gasteiger charge is -2.07. The molecule has 2 aromatic rings. The fourth-order valence-electron chi connectivity index (χ4n) is 1.60. The zero-order valence-corrected chi connectivity index (χ0v) is 10.8. The smallest absolute Gasteiger partial charge is 0.132 e. The van der Waals surface area contributed by atoms with Crippen molar-refractivity contribution in [3.8, 4) is 11.3 Å². The topological polar surface area (TPSA) is 33.1 Å². The minimum absolute atomic E-state index is 0.00767. The molecule has 1 N–H and O–H groups in total. The van der Waals surface area contributed by atoms with Gasteiger partial charge in [-0.2, -0.15) is 0 Å². The number of rotatable bonds is 3. The lowest BCUT2D eigenvalue weighted by atomic mass is 10.1. The molecule has 0 aliphatic carbocycles. The minimum atomic E-state index is -0.405. The van der Waals surface area contributed by atoms with Crippen molar-refractivity contribution in [3.05, 3.63) is 51.9 Å². The van der Waals surface area contributed by atoms with Crippen LogP contribution in [-0.2, 0) is 6.42 Å². The molecule has 0 atom stereocenters. The summed E-state index contributed by atoms with van der Waals surface area (Å²) in [6, 6.07) is 5.83. The third kappa shape index (κ3) is 2.80. The van der Waals surface area contributed by atoms with Crippen LogP contribution in [0.1, 0.15) is 5.56 Å². The normalized spacial score (nSPS) is 10.7. The van der Waals surface area contributed by atoms with Crippen LogP contribution in [0.2, 0.25) is 10.0 Å². The fourth-order valence-corrected chi connectivity index (χ4v) is 2.02. The van der Waals surface area contributed by atoms with Gasteiger partial charge in [0.15, 0.2) is 0 Å². The van der Waals surface area contributed by atoms with Gasteiger partial charge in [0.05, 0.1) is 5.69 Å². The molecule has 0 aliphatic heterocycles. The third-order valence-electron chi connectivity index (χ3n) is 2.52. The molecule has 0 spiro atoms.